The third kappa shape index (κ3) is 2.70. The van der Waals surface area contributed by atoms with E-state index >= 15 is 0 Å². The third-order valence-electron chi connectivity index (χ3n) is 3.26. The average Bonchev–Trinajstić information content (AvgIpc) is 2.57. The second-order valence-corrected chi connectivity index (χ2v) is 4.45. The molecule has 0 N–H and O–H groups in total. The van der Waals surface area contributed by atoms with Gasteiger partial charge in [0, 0.05) is 16.2 Å². The van der Waals surface area contributed by atoms with Gasteiger partial charge in [-0.15, -0.1) is 0 Å². The Hall–Kier alpha value is -1.75. The Morgan fingerprint density at radius 3 is 2.38 bits per heavy atom. The monoisotopic (exact) mass is 290 g/mol. The van der Waals surface area contributed by atoms with Gasteiger partial charge < -0.3 is 9.90 Å². The van der Waals surface area contributed by atoms with E-state index in [9.17, 15) is 19.1 Å². The van der Waals surface area contributed by atoms with Gasteiger partial charge >= 0.3 is 29.6 Å². The van der Waals surface area contributed by atoms with Gasteiger partial charge in [0.15, 0.2) is 5.43 Å². The maximum absolute atomic E-state index is 13.7. The van der Waals surface area contributed by atoms with Crippen LogP contribution in [0.15, 0.2) is 53.3 Å². The molecule has 3 aromatic carbocycles. The van der Waals surface area contributed by atoms with Gasteiger partial charge in [0.05, 0.1) is 5.97 Å². The predicted octanol–water partition coefficient (Wildman–Crippen LogP) is -1.14. The van der Waals surface area contributed by atoms with E-state index in [0.717, 1.165) is 0 Å². The first-order valence-corrected chi connectivity index (χ1v) is 5.94. The van der Waals surface area contributed by atoms with E-state index in [2.05, 4.69) is 0 Å². The van der Waals surface area contributed by atoms with Crippen LogP contribution in [0.25, 0.3) is 21.5 Å². The molecule has 0 saturated heterocycles. The molecule has 0 saturated carbocycles. The van der Waals surface area contributed by atoms with Gasteiger partial charge in [-0.05, 0) is 29.1 Å². The maximum Gasteiger partial charge on any atom is 1.00 e. The van der Waals surface area contributed by atoms with E-state index in [-0.39, 0.29) is 51.3 Å². The molecular weight excluding hydrogens is 282 g/mol. The number of benzene rings is 2. The minimum absolute atomic E-state index is 0. The summed E-state index contributed by atoms with van der Waals surface area (Å²) >= 11 is 0. The number of aromatic carboxylic acids is 1. The molecule has 0 aliphatic heterocycles. The molecule has 0 aliphatic carbocycles. The van der Waals surface area contributed by atoms with Crippen molar-refractivity contribution in [2.45, 2.75) is 0 Å². The van der Waals surface area contributed by atoms with Crippen molar-refractivity contribution >= 4 is 27.5 Å². The summed E-state index contributed by atoms with van der Waals surface area (Å²) in [6, 6.07) is 11.4. The second-order valence-electron chi connectivity index (χ2n) is 4.45. The SMILES string of the molecule is O=C([O-])c1ccc2c(=O)c3cccc(F)c3ccc2c1.[Na+]. The van der Waals surface area contributed by atoms with Crippen molar-refractivity contribution < 1.29 is 43.8 Å². The van der Waals surface area contributed by atoms with Crippen molar-refractivity contribution in [3.63, 3.8) is 0 Å². The number of carbonyl (C=O) groups is 1. The van der Waals surface area contributed by atoms with Crippen LogP contribution in [0, 0.1) is 5.82 Å². The number of rotatable bonds is 1. The van der Waals surface area contributed by atoms with Crippen molar-refractivity contribution in [3.8, 4) is 0 Å². The van der Waals surface area contributed by atoms with Gasteiger partial charge in [0.1, 0.15) is 5.82 Å². The van der Waals surface area contributed by atoms with Crippen LogP contribution in [0.1, 0.15) is 10.4 Å². The summed E-state index contributed by atoms with van der Waals surface area (Å²) in [6.45, 7) is 0. The zero-order valence-electron chi connectivity index (χ0n) is 11.2. The van der Waals surface area contributed by atoms with Crippen LogP contribution in [0.4, 0.5) is 4.39 Å². The van der Waals surface area contributed by atoms with Crippen LogP contribution >= 0.6 is 0 Å². The number of hydrogen-bond acceptors (Lipinski definition) is 3. The molecule has 3 rings (SSSR count). The van der Waals surface area contributed by atoms with Gasteiger partial charge in [0.25, 0.3) is 0 Å². The van der Waals surface area contributed by atoms with Crippen molar-refractivity contribution in [1.29, 1.82) is 0 Å². The number of hydrogen-bond donors (Lipinski definition) is 0. The molecule has 0 atom stereocenters. The van der Waals surface area contributed by atoms with E-state index in [4.69, 9.17) is 0 Å². The van der Waals surface area contributed by atoms with Gasteiger partial charge in [-0.2, -0.15) is 0 Å². The molecule has 0 radical (unpaired) electrons. The van der Waals surface area contributed by atoms with Gasteiger partial charge in [-0.1, -0.05) is 30.3 Å². The topological polar surface area (TPSA) is 57.2 Å². The minimum Gasteiger partial charge on any atom is -0.545 e. The standard InChI is InChI=1S/C16H9FO3.Na/c17-14-3-1-2-13-12(14)7-4-9-8-10(16(19)20)5-6-11(9)15(13)18;/h1-8H,(H,19,20);/q;+1/p-1. The third-order valence-corrected chi connectivity index (χ3v) is 3.26. The molecule has 0 bridgehead atoms. The predicted molar refractivity (Wildman–Crippen MR) is 72.0 cm³/mol. The molecule has 0 unspecified atom stereocenters. The van der Waals surface area contributed by atoms with Crippen LogP contribution in [0.5, 0.6) is 0 Å². The van der Waals surface area contributed by atoms with E-state index in [1.165, 1.54) is 42.5 Å². The summed E-state index contributed by atoms with van der Waals surface area (Å²) in [5.74, 6) is -1.80. The summed E-state index contributed by atoms with van der Waals surface area (Å²) in [7, 11) is 0. The molecule has 0 heterocycles. The summed E-state index contributed by atoms with van der Waals surface area (Å²) in [4.78, 5) is 23.2. The van der Waals surface area contributed by atoms with Crippen molar-refractivity contribution in [3.05, 3.63) is 70.1 Å². The average molecular weight is 290 g/mol. The van der Waals surface area contributed by atoms with Crippen LogP contribution in [-0.4, -0.2) is 5.97 Å². The first-order chi connectivity index (χ1) is 9.58. The largest absolute Gasteiger partial charge is 1.00 e. The molecule has 3 aromatic rings. The van der Waals surface area contributed by atoms with Gasteiger partial charge in [-0.25, -0.2) is 4.39 Å². The van der Waals surface area contributed by atoms with Crippen LogP contribution in [0.2, 0.25) is 0 Å². The molecule has 5 heteroatoms. The fourth-order valence-corrected chi connectivity index (χ4v) is 2.26. The van der Waals surface area contributed by atoms with Crippen LogP contribution in [0.3, 0.4) is 0 Å². The van der Waals surface area contributed by atoms with E-state index in [1.54, 1.807) is 6.07 Å². The van der Waals surface area contributed by atoms with Gasteiger partial charge in [0.2, 0.25) is 0 Å². The van der Waals surface area contributed by atoms with E-state index in [0.29, 0.717) is 10.8 Å². The minimum atomic E-state index is -1.32. The van der Waals surface area contributed by atoms with Crippen molar-refractivity contribution in [1.82, 2.24) is 0 Å². The molecular formula is C16H8FNaO3. The van der Waals surface area contributed by atoms with Gasteiger partial charge in [-0.3, -0.25) is 4.79 Å². The zero-order valence-corrected chi connectivity index (χ0v) is 13.2. The first-order valence-electron chi connectivity index (χ1n) is 5.94. The molecule has 0 aliphatic rings. The maximum atomic E-state index is 13.7. The Labute approximate surface area is 141 Å². The Balaban J connectivity index is 0.00000161. The summed E-state index contributed by atoms with van der Waals surface area (Å²) in [6.07, 6.45) is 0. The van der Waals surface area contributed by atoms with Crippen molar-refractivity contribution in [2.24, 2.45) is 0 Å². The Morgan fingerprint density at radius 1 is 0.952 bits per heavy atom. The Morgan fingerprint density at radius 2 is 1.67 bits per heavy atom. The Kier molecular flexibility index (Phi) is 4.42. The zero-order chi connectivity index (χ0) is 14.3. The molecule has 98 valence electrons. The Bertz CT molecular complexity index is 922. The normalized spacial score (nSPS) is 10.3. The number of carboxylic acid groups (broad SMARTS) is 1. The van der Waals surface area contributed by atoms with Crippen molar-refractivity contribution in [2.75, 3.05) is 0 Å². The summed E-state index contributed by atoms with van der Waals surface area (Å²) < 4.78 is 13.7. The number of halogens is 1. The quantitative estimate of drug-likeness (QED) is 0.532. The molecule has 0 amide bonds. The number of carboxylic acids is 1. The fraction of sp³-hybridized carbons (Fsp3) is 0. The van der Waals surface area contributed by atoms with Crippen LogP contribution in [-0.2, 0) is 0 Å². The molecule has 0 spiro atoms. The molecule has 3 nitrogen and oxygen atoms in total. The van der Waals surface area contributed by atoms with Crippen LogP contribution < -0.4 is 40.1 Å². The summed E-state index contributed by atoms with van der Waals surface area (Å²) in [5.41, 5.74) is -0.350. The van der Waals surface area contributed by atoms with E-state index in [1.807, 2.05) is 0 Å². The van der Waals surface area contributed by atoms with E-state index < -0.39 is 11.8 Å². The number of carbonyl (C=O) groups excluding carboxylic acids is 1. The molecule has 0 aromatic heterocycles. The molecule has 21 heavy (non-hydrogen) atoms. The molecule has 0 fully saturated rings. The second kappa shape index (κ2) is 5.93. The fourth-order valence-electron chi connectivity index (χ4n) is 2.26. The number of fused-ring (bicyclic) bond motifs is 2. The summed E-state index contributed by atoms with van der Waals surface area (Å²) in [5, 5.41) is 12.1. The first kappa shape index (κ1) is 15.6. The smallest absolute Gasteiger partial charge is 0.545 e.